The van der Waals surface area contributed by atoms with Crippen molar-refractivity contribution in [1.29, 1.82) is 0 Å². The molecule has 3 N–H and O–H groups in total. The third kappa shape index (κ3) is 2.33. The van der Waals surface area contributed by atoms with E-state index in [4.69, 9.17) is 5.11 Å². The number of aliphatic carboxylic acids is 1. The Labute approximate surface area is 112 Å². The summed E-state index contributed by atoms with van der Waals surface area (Å²) < 4.78 is 0. The van der Waals surface area contributed by atoms with Crippen LogP contribution < -0.4 is 10.6 Å². The van der Waals surface area contributed by atoms with E-state index < -0.39 is 17.4 Å². The highest BCUT2D eigenvalue weighted by molar-refractivity contribution is 6.05. The Hall–Kier alpha value is -1.88. The summed E-state index contributed by atoms with van der Waals surface area (Å²) in [5.74, 6) is -0.903. The number of carboxylic acid groups (broad SMARTS) is 1. The number of fused-ring (bicyclic) bond motifs is 1. The smallest absolute Gasteiger partial charge is 0.321 e. The molecule has 2 rings (SSSR count). The van der Waals surface area contributed by atoms with E-state index in [1.807, 2.05) is 32.0 Å². The summed E-state index contributed by atoms with van der Waals surface area (Å²) in [7, 11) is 1.63. The molecule has 1 aromatic rings. The average molecular weight is 262 g/mol. The summed E-state index contributed by atoms with van der Waals surface area (Å²) in [4.78, 5) is 22.9. The van der Waals surface area contributed by atoms with Crippen molar-refractivity contribution in [3.05, 3.63) is 29.3 Å². The minimum Gasteiger partial charge on any atom is -0.480 e. The summed E-state index contributed by atoms with van der Waals surface area (Å²) in [5.41, 5.74) is 2.08. The first kappa shape index (κ1) is 13.5. The molecule has 1 atom stereocenters. The number of carbonyl (C=O) groups is 2. The van der Waals surface area contributed by atoms with Gasteiger partial charge in [-0.25, -0.2) is 0 Å². The molecule has 1 unspecified atom stereocenters. The van der Waals surface area contributed by atoms with Crippen LogP contribution in [0, 0.1) is 0 Å². The molecule has 5 heteroatoms. The monoisotopic (exact) mass is 262 g/mol. The number of anilines is 1. The molecule has 19 heavy (non-hydrogen) atoms. The molecule has 1 aromatic carbocycles. The number of carboxylic acids is 1. The van der Waals surface area contributed by atoms with Crippen molar-refractivity contribution in [3.63, 3.8) is 0 Å². The molecule has 1 aliphatic rings. The molecule has 1 heterocycles. The zero-order valence-corrected chi connectivity index (χ0v) is 11.3. The van der Waals surface area contributed by atoms with E-state index in [9.17, 15) is 9.59 Å². The van der Waals surface area contributed by atoms with Crippen LogP contribution in [-0.2, 0) is 21.4 Å². The summed E-state index contributed by atoms with van der Waals surface area (Å²) >= 11 is 0. The normalized spacial score (nSPS) is 17.7. The molecule has 1 aliphatic heterocycles. The van der Waals surface area contributed by atoms with E-state index >= 15 is 0 Å². The summed E-state index contributed by atoms with van der Waals surface area (Å²) in [6.45, 7) is 3.73. The quantitative estimate of drug-likeness (QED) is 0.760. The molecule has 0 bridgehead atoms. The lowest BCUT2D eigenvalue weighted by molar-refractivity contribution is -0.139. The first-order chi connectivity index (χ1) is 8.86. The maximum atomic E-state index is 11.8. The highest BCUT2D eigenvalue weighted by Crippen LogP contribution is 2.37. The maximum Gasteiger partial charge on any atom is 0.321 e. The topological polar surface area (TPSA) is 78.4 Å². The first-order valence-corrected chi connectivity index (χ1v) is 6.21. The third-order valence-electron chi connectivity index (χ3n) is 3.66. The molecule has 0 fully saturated rings. The standard InChI is InChI=1S/C14H18N2O3/c1-14(2)9-6-8(7-11(15-3)12(17)18)4-5-10(9)16-13(14)19/h4-6,11,15H,7H2,1-3H3,(H,16,19)(H,17,18). The predicted molar refractivity (Wildman–Crippen MR) is 72.3 cm³/mol. The average Bonchev–Trinajstić information content (AvgIpc) is 2.57. The van der Waals surface area contributed by atoms with E-state index in [1.165, 1.54) is 0 Å². The zero-order chi connectivity index (χ0) is 14.2. The van der Waals surface area contributed by atoms with Crippen LogP contribution in [0.1, 0.15) is 25.0 Å². The van der Waals surface area contributed by atoms with Crippen LogP contribution in [0.25, 0.3) is 0 Å². The highest BCUT2D eigenvalue weighted by atomic mass is 16.4. The van der Waals surface area contributed by atoms with Crippen molar-refractivity contribution in [2.24, 2.45) is 0 Å². The number of benzene rings is 1. The van der Waals surface area contributed by atoms with Gasteiger partial charge in [-0.05, 0) is 44.5 Å². The second-order valence-corrected chi connectivity index (χ2v) is 5.34. The molecule has 0 aliphatic carbocycles. The fraction of sp³-hybridized carbons (Fsp3) is 0.429. The third-order valence-corrected chi connectivity index (χ3v) is 3.66. The second kappa shape index (κ2) is 4.66. The molecular weight excluding hydrogens is 244 g/mol. The Morgan fingerprint density at radius 3 is 2.74 bits per heavy atom. The maximum absolute atomic E-state index is 11.8. The number of hydrogen-bond acceptors (Lipinski definition) is 3. The number of amides is 1. The van der Waals surface area contributed by atoms with Crippen LogP contribution in [0.15, 0.2) is 18.2 Å². The van der Waals surface area contributed by atoms with E-state index in [0.29, 0.717) is 6.42 Å². The largest absolute Gasteiger partial charge is 0.480 e. The fourth-order valence-corrected chi connectivity index (χ4v) is 2.29. The van der Waals surface area contributed by atoms with Crippen molar-refractivity contribution in [2.75, 3.05) is 12.4 Å². The number of carbonyl (C=O) groups excluding carboxylic acids is 1. The van der Waals surface area contributed by atoms with Crippen LogP contribution in [0.5, 0.6) is 0 Å². The van der Waals surface area contributed by atoms with Gasteiger partial charge in [-0.3, -0.25) is 9.59 Å². The first-order valence-electron chi connectivity index (χ1n) is 6.21. The van der Waals surface area contributed by atoms with Crippen LogP contribution in [0.2, 0.25) is 0 Å². The summed E-state index contributed by atoms with van der Waals surface area (Å²) in [6.07, 6.45) is 0.392. The molecule has 5 nitrogen and oxygen atoms in total. The second-order valence-electron chi connectivity index (χ2n) is 5.34. The number of nitrogens with one attached hydrogen (secondary N) is 2. The van der Waals surface area contributed by atoms with Gasteiger partial charge < -0.3 is 15.7 Å². The molecule has 0 spiro atoms. The van der Waals surface area contributed by atoms with Crippen molar-refractivity contribution >= 4 is 17.6 Å². The Balaban J connectivity index is 2.30. The molecule has 0 radical (unpaired) electrons. The minimum atomic E-state index is -0.878. The van der Waals surface area contributed by atoms with Gasteiger partial charge in [0, 0.05) is 5.69 Å². The molecule has 0 saturated heterocycles. The van der Waals surface area contributed by atoms with Gasteiger partial charge in [-0.1, -0.05) is 12.1 Å². The van der Waals surface area contributed by atoms with E-state index in [0.717, 1.165) is 16.8 Å². The van der Waals surface area contributed by atoms with Crippen LogP contribution >= 0.6 is 0 Å². The van der Waals surface area contributed by atoms with Crippen molar-refractivity contribution in [1.82, 2.24) is 5.32 Å². The highest BCUT2D eigenvalue weighted by Gasteiger charge is 2.38. The van der Waals surface area contributed by atoms with Crippen LogP contribution in [0.4, 0.5) is 5.69 Å². The molecular formula is C14H18N2O3. The van der Waals surface area contributed by atoms with Crippen LogP contribution in [0.3, 0.4) is 0 Å². The Bertz CT molecular complexity index is 537. The summed E-state index contributed by atoms with van der Waals surface area (Å²) in [5, 5.41) is 14.6. The number of hydrogen-bond donors (Lipinski definition) is 3. The van der Waals surface area contributed by atoms with Crippen molar-refractivity contribution < 1.29 is 14.7 Å². The van der Waals surface area contributed by atoms with Gasteiger partial charge in [0.15, 0.2) is 0 Å². The predicted octanol–water partition coefficient (Wildman–Crippen LogP) is 1.13. The van der Waals surface area contributed by atoms with Gasteiger partial charge in [-0.2, -0.15) is 0 Å². The van der Waals surface area contributed by atoms with Gasteiger partial charge >= 0.3 is 5.97 Å². The molecule has 102 valence electrons. The van der Waals surface area contributed by atoms with Gasteiger partial charge in [-0.15, -0.1) is 0 Å². The minimum absolute atomic E-state index is 0.0250. The van der Waals surface area contributed by atoms with E-state index in [2.05, 4.69) is 10.6 Å². The fourth-order valence-electron chi connectivity index (χ4n) is 2.29. The SMILES string of the molecule is CNC(Cc1ccc2c(c1)C(C)(C)C(=O)N2)C(=O)O. The molecule has 1 amide bonds. The van der Waals surface area contributed by atoms with Crippen molar-refractivity contribution in [2.45, 2.75) is 31.7 Å². The number of rotatable bonds is 4. The number of likely N-dealkylation sites (N-methyl/N-ethyl adjacent to an activating group) is 1. The van der Waals surface area contributed by atoms with Crippen LogP contribution in [-0.4, -0.2) is 30.1 Å². The zero-order valence-electron chi connectivity index (χ0n) is 11.3. The van der Waals surface area contributed by atoms with Gasteiger partial charge in [0.2, 0.25) is 5.91 Å². The lowest BCUT2D eigenvalue weighted by Crippen LogP contribution is -2.35. The lowest BCUT2D eigenvalue weighted by Gasteiger charge is -2.17. The Morgan fingerprint density at radius 1 is 1.47 bits per heavy atom. The van der Waals surface area contributed by atoms with Gasteiger partial charge in [0.25, 0.3) is 0 Å². The summed E-state index contributed by atoms with van der Waals surface area (Å²) in [6, 6.07) is 4.99. The Morgan fingerprint density at radius 2 is 2.16 bits per heavy atom. The lowest BCUT2D eigenvalue weighted by atomic mass is 9.85. The van der Waals surface area contributed by atoms with E-state index in [1.54, 1.807) is 7.05 Å². The van der Waals surface area contributed by atoms with Gasteiger partial charge in [0.05, 0.1) is 5.41 Å². The van der Waals surface area contributed by atoms with E-state index in [-0.39, 0.29) is 5.91 Å². The van der Waals surface area contributed by atoms with Crippen molar-refractivity contribution in [3.8, 4) is 0 Å². The molecule has 0 saturated carbocycles. The Kier molecular flexibility index (Phi) is 3.32. The van der Waals surface area contributed by atoms with Gasteiger partial charge in [0.1, 0.15) is 6.04 Å². The molecule has 0 aromatic heterocycles.